The summed E-state index contributed by atoms with van der Waals surface area (Å²) in [6, 6.07) is 8.58. The molecule has 0 fully saturated rings. The Kier molecular flexibility index (Phi) is 5.93. The van der Waals surface area contributed by atoms with Gasteiger partial charge in [-0.1, -0.05) is 24.6 Å². The number of Topliss-reactive ketones (excluding diaryl/α,β-unsaturated/α-hetero) is 1. The van der Waals surface area contributed by atoms with Crippen LogP contribution >= 0.6 is 0 Å². The van der Waals surface area contributed by atoms with Crippen molar-refractivity contribution in [3.63, 3.8) is 0 Å². The van der Waals surface area contributed by atoms with Crippen LogP contribution in [0.25, 0.3) is 5.57 Å². The van der Waals surface area contributed by atoms with Crippen molar-refractivity contribution in [2.45, 2.75) is 65.3 Å². The number of halogens is 3. The van der Waals surface area contributed by atoms with Crippen LogP contribution in [0, 0.1) is 6.92 Å². The SMILES string of the molecule is CCc1ccc(Oc2ccc(C)cc2C(F)(F)F)cc1C1=C(O)C(C)(C)OC(C)(C)C1=O. The molecule has 7 heteroatoms. The molecule has 0 saturated heterocycles. The average molecular weight is 448 g/mol. The van der Waals surface area contributed by atoms with E-state index in [2.05, 4.69) is 0 Å². The van der Waals surface area contributed by atoms with Gasteiger partial charge in [-0.05, 0) is 76.4 Å². The summed E-state index contributed by atoms with van der Waals surface area (Å²) in [6.45, 7) is 10.0. The smallest absolute Gasteiger partial charge is 0.419 e. The van der Waals surface area contributed by atoms with Crippen LogP contribution < -0.4 is 4.74 Å². The summed E-state index contributed by atoms with van der Waals surface area (Å²) in [5, 5.41) is 10.9. The number of hydrogen-bond donors (Lipinski definition) is 1. The molecule has 0 amide bonds. The number of ether oxygens (including phenoxy) is 2. The Labute approximate surface area is 185 Å². The van der Waals surface area contributed by atoms with E-state index in [4.69, 9.17) is 9.47 Å². The summed E-state index contributed by atoms with van der Waals surface area (Å²) in [6.07, 6.45) is -4.04. The van der Waals surface area contributed by atoms with Gasteiger partial charge >= 0.3 is 6.18 Å². The van der Waals surface area contributed by atoms with Crippen molar-refractivity contribution < 1.29 is 32.5 Å². The largest absolute Gasteiger partial charge is 0.508 e. The summed E-state index contributed by atoms with van der Waals surface area (Å²) in [5.74, 6) is -0.843. The highest BCUT2D eigenvalue weighted by Gasteiger charge is 2.47. The highest BCUT2D eigenvalue weighted by atomic mass is 19.4. The maximum atomic E-state index is 13.5. The van der Waals surface area contributed by atoms with Gasteiger partial charge in [0.05, 0.1) is 11.1 Å². The molecule has 2 aromatic rings. The quantitative estimate of drug-likeness (QED) is 0.559. The lowest BCUT2D eigenvalue weighted by molar-refractivity contribution is -0.158. The zero-order chi connectivity index (χ0) is 24.1. The van der Waals surface area contributed by atoms with Gasteiger partial charge in [-0.25, -0.2) is 0 Å². The van der Waals surface area contributed by atoms with Crippen LogP contribution in [0.3, 0.4) is 0 Å². The standard InChI is InChI=1S/C25H27F3O4/c1-7-15-9-10-16(31-19-11-8-14(2)12-18(19)25(26,27)28)13-17(15)20-21(29)23(3,4)32-24(5,6)22(20)30/h8-13,29H,7H2,1-6H3. The lowest BCUT2D eigenvalue weighted by Crippen LogP contribution is -2.49. The van der Waals surface area contributed by atoms with E-state index in [-0.39, 0.29) is 22.8 Å². The molecule has 0 bridgehead atoms. The molecular weight excluding hydrogens is 421 g/mol. The first-order valence-corrected chi connectivity index (χ1v) is 10.3. The number of alkyl halides is 3. The van der Waals surface area contributed by atoms with E-state index in [1.165, 1.54) is 18.2 Å². The van der Waals surface area contributed by atoms with Crippen LogP contribution in [0.2, 0.25) is 0 Å². The lowest BCUT2D eigenvalue weighted by atomic mass is 9.81. The van der Waals surface area contributed by atoms with E-state index < -0.39 is 28.7 Å². The Morgan fingerprint density at radius 1 is 1.03 bits per heavy atom. The van der Waals surface area contributed by atoms with E-state index in [0.717, 1.165) is 11.6 Å². The topological polar surface area (TPSA) is 55.8 Å². The molecule has 32 heavy (non-hydrogen) atoms. The Morgan fingerprint density at radius 2 is 1.69 bits per heavy atom. The van der Waals surface area contributed by atoms with Gasteiger partial charge < -0.3 is 14.6 Å². The van der Waals surface area contributed by atoms with Gasteiger partial charge in [-0.2, -0.15) is 13.2 Å². The summed E-state index contributed by atoms with van der Waals surface area (Å²) >= 11 is 0. The van der Waals surface area contributed by atoms with Crippen molar-refractivity contribution in [3.05, 3.63) is 64.4 Å². The lowest BCUT2D eigenvalue weighted by Gasteiger charge is -2.40. The fourth-order valence-corrected chi connectivity index (χ4v) is 3.93. The maximum absolute atomic E-state index is 13.5. The molecule has 1 N–H and O–H groups in total. The van der Waals surface area contributed by atoms with Crippen molar-refractivity contribution in [1.82, 2.24) is 0 Å². The number of aliphatic hydroxyl groups is 1. The van der Waals surface area contributed by atoms with E-state index in [0.29, 0.717) is 17.5 Å². The van der Waals surface area contributed by atoms with Gasteiger partial charge in [0.15, 0.2) is 5.78 Å². The predicted octanol–water partition coefficient (Wildman–Crippen LogP) is 6.79. The molecule has 0 atom stereocenters. The molecule has 1 heterocycles. The minimum Gasteiger partial charge on any atom is -0.508 e. The normalized spacial score (nSPS) is 18.1. The molecule has 0 aromatic heterocycles. The van der Waals surface area contributed by atoms with Gasteiger partial charge in [0.25, 0.3) is 0 Å². The third kappa shape index (κ3) is 4.39. The number of aryl methyl sites for hydroxylation is 2. The molecule has 1 aliphatic heterocycles. The van der Waals surface area contributed by atoms with Crippen molar-refractivity contribution in [1.29, 1.82) is 0 Å². The number of hydrogen-bond acceptors (Lipinski definition) is 4. The third-order valence-corrected chi connectivity index (χ3v) is 5.49. The Bertz CT molecular complexity index is 1090. The molecular formula is C25H27F3O4. The first-order chi connectivity index (χ1) is 14.7. The van der Waals surface area contributed by atoms with Gasteiger partial charge in [0, 0.05) is 0 Å². The summed E-state index contributed by atoms with van der Waals surface area (Å²) in [7, 11) is 0. The minimum atomic E-state index is -4.58. The van der Waals surface area contributed by atoms with Crippen molar-refractivity contribution in [2.24, 2.45) is 0 Å². The Balaban J connectivity index is 2.15. The minimum absolute atomic E-state index is 0.0912. The second-order valence-corrected chi connectivity index (χ2v) is 8.95. The number of benzene rings is 2. The van der Waals surface area contributed by atoms with Crippen molar-refractivity contribution in [3.8, 4) is 11.5 Å². The molecule has 172 valence electrons. The van der Waals surface area contributed by atoms with Gasteiger partial charge in [0.1, 0.15) is 28.5 Å². The zero-order valence-electron chi connectivity index (χ0n) is 19.0. The van der Waals surface area contributed by atoms with E-state index in [1.807, 2.05) is 6.92 Å². The summed E-state index contributed by atoms with van der Waals surface area (Å²) < 4.78 is 52.0. The van der Waals surface area contributed by atoms with Crippen LogP contribution in [0.15, 0.2) is 42.2 Å². The first kappa shape index (κ1) is 23.9. The van der Waals surface area contributed by atoms with E-state index >= 15 is 0 Å². The Hall–Kier alpha value is -2.80. The van der Waals surface area contributed by atoms with Crippen LogP contribution in [-0.4, -0.2) is 22.1 Å². The van der Waals surface area contributed by atoms with Crippen LogP contribution in [0.1, 0.15) is 56.9 Å². The van der Waals surface area contributed by atoms with Gasteiger partial charge in [0.2, 0.25) is 0 Å². The highest BCUT2D eigenvalue weighted by molar-refractivity contribution is 6.26. The molecule has 0 radical (unpaired) electrons. The maximum Gasteiger partial charge on any atom is 0.419 e. The van der Waals surface area contributed by atoms with Crippen LogP contribution in [0.4, 0.5) is 13.2 Å². The number of ketones is 1. The Morgan fingerprint density at radius 3 is 2.28 bits per heavy atom. The van der Waals surface area contributed by atoms with E-state index in [9.17, 15) is 23.1 Å². The fraction of sp³-hybridized carbons (Fsp3) is 0.400. The van der Waals surface area contributed by atoms with Gasteiger partial charge in [-0.3, -0.25) is 4.79 Å². The first-order valence-electron chi connectivity index (χ1n) is 10.3. The van der Waals surface area contributed by atoms with E-state index in [1.54, 1.807) is 46.8 Å². The third-order valence-electron chi connectivity index (χ3n) is 5.49. The molecule has 4 nitrogen and oxygen atoms in total. The fourth-order valence-electron chi connectivity index (χ4n) is 3.93. The molecule has 0 spiro atoms. The molecule has 1 aliphatic rings. The summed E-state index contributed by atoms with van der Waals surface area (Å²) in [4.78, 5) is 13.2. The van der Waals surface area contributed by atoms with Crippen molar-refractivity contribution in [2.75, 3.05) is 0 Å². The molecule has 3 rings (SSSR count). The van der Waals surface area contributed by atoms with Crippen LogP contribution in [-0.2, 0) is 22.1 Å². The number of rotatable bonds is 4. The monoisotopic (exact) mass is 448 g/mol. The molecule has 2 aromatic carbocycles. The molecule has 0 unspecified atom stereocenters. The predicted molar refractivity (Wildman–Crippen MR) is 116 cm³/mol. The molecule has 0 saturated carbocycles. The second-order valence-electron chi connectivity index (χ2n) is 8.95. The van der Waals surface area contributed by atoms with Gasteiger partial charge in [-0.15, -0.1) is 0 Å². The molecule has 0 aliphatic carbocycles. The second kappa shape index (κ2) is 7.96. The zero-order valence-corrected chi connectivity index (χ0v) is 19.0. The average Bonchev–Trinajstić information content (AvgIpc) is 2.67. The summed E-state index contributed by atoms with van der Waals surface area (Å²) in [5.41, 5.74) is -1.47. The van der Waals surface area contributed by atoms with Crippen LogP contribution in [0.5, 0.6) is 11.5 Å². The highest BCUT2D eigenvalue weighted by Crippen LogP contribution is 2.43. The van der Waals surface area contributed by atoms with Crippen molar-refractivity contribution >= 4 is 11.4 Å². The number of carbonyl (C=O) groups excluding carboxylic acids is 1. The number of aliphatic hydroxyl groups excluding tert-OH is 1. The number of carbonyl (C=O) groups is 1.